The van der Waals surface area contributed by atoms with Gasteiger partial charge in [-0.1, -0.05) is 6.07 Å². The van der Waals surface area contributed by atoms with Crippen LogP contribution in [0, 0.1) is 13.8 Å². The van der Waals surface area contributed by atoms with Crippen LogP contribution in [0.1, 0.15) is 48.5 Å². The van der Waals surface area contributed by atoms with Crippen molar-refractivity contribution in [1.82, 2.24) is 24.3 Å². The van der Waals surface area contributed by atoms with Crippen LogP contribution in [0.25, 0.3) is 11.3 Å². The maximum atomic E-state index is 13.9. The predicted octanol–water partition coefficient (Wildman–Crippen LogP) is 6.12. The summed E-state index contributed by atoms with van der Waals surface area (Å²) in [4.78, 5) is 42.4. The third kappa shape index (κ3) is 6.63. The molecule has 2 amide bonds. The van der Waals surface area contributed by atoms with E-state index in [1.165, 1.54) is 6.07 Å². The number of carbonyl (C=O) groups is 2. The second kappa shape index (κ2) is 11.8. The summed E-state index contributed by atoms with van der Waals surface area (Å²) in [6.45, 7) is 3.51. The predicted molar refractivity (Wildman–Crippen MR) is 151 cm³/mol. The number of alkyl halides is 3. The Bertz CT molecular complexity index is 1780. The van der Waals surface area contributed by atoms with E-state index in [-0.39, 0.29) is 17.1 Å². The lowest BCUT2D eigenvalue weighted by molar-refractivity contribution is -0.136. The van der Waals surface area contributed by atoms with E-state index in [2.05, 4.69) is 34.9 Å². The molecule has 0 unspecified atom stereocenters. The summed E-state index contributed by atoms with van der Waals surface area (Å²) < 4.78 is 45.5. The molecule has 2 N–H and O–H groups in total. The van der Waals surface area contributed by atoms with Gasteiger partial charge in [0, 0.05) is 41.8 Å². The molecule has 9 nitrogen and oxygen atoms in total. The van der Waals surface area contributed by atoms with Crippen molar-refractivity contribution in [2.75, 3.05) is 10.6 Å². The smallest absolute Gasteiger partial charge is 0.322 e. The highest BCUT2D eigenvalue weighted by Gasteiger charge is 2.35. The van der Waals surface area contributed by atoms with Crippen LogP contribution >= 0.6 is 11.5 Å². The monoisotopic (exact) mass is 589 g/mol. The first-order valence-corrected chi connectivity index (χ1v) is 13.3. The summed E-state index contributed by atoms with van der Waals surface area (Å²) in [5.74, 6) is -1.17. The van der Waals surface area contributed by atoms with E-state index in [4.69, 9.17) is 0 Å². The van der Waals surface area contributed by atoms with Gasteiger partial charge < -0.3 is 10.6 Å². The molecule has 2 aromatic carbocycles. The Labute approximate surface area is 242 Å². The number of nitrogens with one attached hydrogen (secondary N) is 2. The van der Waals surface area contributed by atoms with Crippen LogP contribution in [0.4, 0.5) is 24.5 Å². The summed E-state index contributed by atoms with van der Waals surface area (Å²) in [5.41, 5.74) is 1.76. The highest BCUT2D eigenvalue weighted by atomic mass is 32.1. The molecule has 5 rings (SSSR count). The standard InChI is InChI=1S/C29H22F3N7O2S/c1-16-5-6-18(12-20(16)13-25-34-11-9-23(37-25)19-4-3-10-33-15-19)27(40)36-21-7-8-24(22(14-21)29(30,31)32)38-28(41)26-35-17(2)42-39-26/h3-12,14-15H,13H2,1-2H3,(H,36,40)(H,38,41). The molecule has 3 aromatic heterocycles. The second-order valence-electron chi connectivity index (χ2n) is 9.22. The first kappa shape index (κ1) is 28.5. The van der Waals surface area contributed by atoms with Crippen LogP contribution in [-0.2, 0) is 12.6 Å². The molecule has 42 heavy (non-hydrogen) atoms. The van der Waals surface area contributed by atoms with E-state index in [9.17, 15) is 22.8 Å². The average molecular weight is 590 g/mol. The molecule has 0 spiro atoms. The molecule has 5 aromatic rings. The van der Waals surface area contributed by atoms with Crippen LogP contribution in [0.2, 0.25) is 0 Å². The fourth-order valence-corrected chi connectivity index (χ4v) is 4.54. The summed E-state index contributed by atoms with van der Waals surface area (Å²) in [6.07, 6.45) is 0.544. The van der Waals surface area contributed by atoms with Gasteiger partial charge in [-0.15, -0.1) is 0 Å². The van der Waals surface area contributed by atoms with Crippen molar-refractivity contribution < 1.29 is 22.8 Å². The number of amides is 2. The summed E-state index contributed by atoms with van der Waals surface area (Å²) in [7, 11) is 0. The molecule has 0 atom stereocenters. The van der Waals surface area contributed by atoms with Gasteiger partial charge in [0.2, 0.25) is 5.82 Å². The minimum atomic E-state index is -4.81. The van der Waals surface area contributed by atoms with Crippen LogP contribution in [0.3, 0.4) is 0 Å². The topological polar surface area (TPSA) is 123 Å². The van der Waals surface area contributed by atoms with Crippen molar-refractivity contribution in [2.45, 2.75) is 26.4 Å². The van der Waals surface area contributed by atoms with Crippen LogP contribution in [-0.4, -0.2) is 36.1 Å². The maximum absolute atomic E-state index is 13.9. The van der Waals surface area contributed by atoms with Gasteiger partial charge in [-0.3, -0.25) is 14.6 Å². The largest absolute Gasteiger partial charge is 0.418 e. The molecule has 0 fully saturated rings. The number of anilines is 2. The van der Waals surface area contributed by atoms with E-state index in [1.54, 1.807) is 49.8 Å². The Balaban J connectivity index is 1.34. The number of aromatic nitrogens is 5. The third-order valence-corrected chi connectivity index (χ3v) is 6.80. The van der Waals surface area contributed by atoms with Gasteiger partial charge >= 0.3 is 6.18 Å². The molecule has 0 saturated heterocycles. The van der Waals surface area contributed by atoms with Gasteiger partial charge in [-0.05, 0) is 85.0 Å². The summed E-state index contributed by atoms with van der Waals surface area (Å²) in [5, 5.41) is 5.22. The van der Waals surface area contributed by atoms with Gasteiger partial charge in [0.05, 0.1) is 16.9 Å². The Morgan fingerprint density at radius 2 is 1.76 bits per heavy atom. The van der Waals surface area contributed by atoms with Crippen molar-refractivity contribution in [3.8, 4) is 11.3 Å². The maximum Gasteiger partial charge on any atom is 0.418 e. The quantitative estimate of drug-likeness (QED) is 0.234. The number of halogens is 3. The number of hydrogen-bond acceptors (Lipinski definition) is 8. The number of pyridine rings is 1. The van der Waals surface area contributed by atoms with Crippen molar-refractivity contribution >= 4 is 34.7 Å². The van der Waals surface area contributed by atoms with E-state index < -0.39 is 29.2 Å². The number of aryl methyl sites for hydroxylation is 2. The molecule has 0 aliphatic rings. The Hall–Kier alpha value is -5.04. The molecular formula is C29H22F3N7O2S. The normalized spacial score (nSPS) is 11.3. The average Bonchev–Trinajstić information content (AvgIpc) is 3.41. The van der Waals surface area contributed by atoms with Crippen LogP contribution in [0.15, 0.2) is 73.2 Å². The number of nitrogens with zero attached hydrogens (tertiary/aromatic N) is 5. The number of benzene rings is 2. The minimum Gasteiger partial charge on any atom is -0.322 e. The second-order valence-corrected chi connectivity index (χ2v) is 10.2. The van der Waals surface area contributed by atoms with Gasteiger partial charge in [-0.25, -0.2) is 15.0 Å². The molecule has 13 heteroatoms. The summed E-state index contributed by atoms with van der Waals surface area (Å²) >= 11 is 0.961. The van der Waals surface area contributed by atoms with Gasteiger partial charge in [0.15, 0.2) is 0 Å². The van der Waals surface area contributed by atoms with E-state index in [1.807, 2.05) is 19.1 Å². The van der Waals surface area contributed by atoms with Crippen molar-refractivity contribution in [1.29, 1.82) is 0 Å². The number of carbonyl (C=O) groups excluding carboxylic acids is 2. The van der Waals surface area contributed by atoms with Crippen LogP contribution in [0.5, 0.6) is 0 Å². The lowest BCUT2D eigenvalue weighted by Gasteiger charge is -2.15. The fourth-order valence-electron chi connectivity index (χ4n) is 4.07. The Morgan fingerprint density at radius 3 is 2.48 bits per heavy atom. The lowest BCUT2D eigenvalue weighted by atomic mass is 10.0. The van der Waals surface area contributed by atoms with Crippen molar-refractivity contribution in [2.24, 2.45) is 0 Å². The van der Waals surface area contributed by atoms with Crippen molar-refractivity contribution in [3.05, 3.63) is 112 Å². The molecule has 3 heterocycles. The SMILES string of the molecule is Cc1nc(C(=O)Nc2ccc(NC(=O)c3ccc(C)c(Cc4nccc(-c5cccnc5)n4)c3)cc2C(F)(F)F)ns1. The molecule has 0 aliphatic heterocycles. The van der Waals surface area contributed by atoms with E-state index in [0.29, 0.717) is 22.9 Å². The zero-order valence-electron chi connectivity index (χ0n) is 22.2. The van der Waals surface area contributed by atoms with E-state index in [0.717, 1.165) is 40.4 Å². The molecule has 0 bridgehead atoms. The highest BCUT2D eigenvalue weighted by Crippen LogP contribution is 2.37. The number of rotatable bonds is 7. The van der Waals surface area contributed by atoms with Crippen LogP contribution < -0.4 is 10.6 Å². The molecule has 0 saturated carbocycles. The summed E-state index contributed by atoms with van der Waals surface area (Å²) in [6, 6.07) is 13.6. The number of hydrogen-bond donors (Lipinski definition) is 2. The molecule has 0 aliphatic carbocycles. The third-order valence-electron chi connectivity index (χ3n) is 6.18. The first-order chi connectivity index (χ1) is 20.1. The first-order valence-electron chi connectivity index (χ1n) is 12.5. The lowest BCUT2D eigenvalue weighted by Crippen LogP contribution is -2.19. The molecule has 0 radical (unpaired) electrons. The molecular weight excluding hydrogens is 567 g/mol. The van der Waals surface area contributed by atoms with E-state index >= 15 is 0 Å². The zero-order valence-corrected chi connectivity index (χ0v) is 23.0. The fraction of sp³-hybridized carbons (Fsp3) is 0.138. The van der Waals surface area contributed by atoms with Gasteiger partial charge in [0.1, 0.15) is 10.8 Å². The Morgan fingerprint density at radius 1 is 0.929 bits per heavy atom. The van der Waals surface area contributed by atoms with Crippen molar-refractivity contribution in [3.63, 3.8) is 0 Å². The zero-order chi connectivity index (χ0) is 29.9. The molecule has 212 valence electrons. The van der Waals surface area contributed by atoms with Gasteiger partial charge in [0.25, 0.3) is 11.8 Å². The minimum absolute atomic E-state index is 0.0948. The highest BCUT2D eigenvalue weighted by molar-refractivity contribution is 7.05. The Kier molecular flexibility index (Phi) is 8.02. The van der Waals surface area contributed by atoms with Gasteiger partial charge in [-0.2, -0.15) is 17.5 Å².